The number of Topliss-reactive ketones (excluding diaryl/α,β-unsaturated/α-hetero) is 1. The molecule has 4 heteroatoms. The molecular weight excluding hydrogens is 168 g/mol. The van der Waals surface area contributed by atoms with Gasteiger partial charge in [0.15, 0.2) is 11.7 Å². The summed E-state index contributed by atoms with van der Waals surface area (Å²) >= 11 is 0. The van der Waals surface area contributed by atoms with Gasteiger partial charge in [0.05, 0.1) is 0 Å². The lowest BCUT2D eigenvalue weighted by molar-refractivity contribution is 0.101. The SMILES string of the molecule is CC(=O)c1coc(CCN(C)C)n1. The van der Waals surface area contributed by atoms with Gasteiger partial charge in [-0.15, -0.1) is 0 Å². The summed E-state index contributed by atoms with van der Waals surface area (Å²) in [5, 5.41) is 0. The van der Waals surface area contributed by atoms with Gasteiger partial charge in [0, 0.05) is 19.9 Å². The van der Waals surface area contributed by atoms with Crippen LogP contribution in [0, 0.1) is 0 Å². The van der Waals surface area contributed by atoms with Crippen molar-refractivity contribution in [1.29, 1.82) is 0 Å². The van der Waals surface area contributed by atoms with Gasteiger partial charge in [-0.05, 0) is 14.1 Å². The van der Waals surface area contributed by atoms with Crippen LogP contribution in [0.3, 0.4) is 0 Å². The second-order valence-corrected chi connectivity index (χ2v) is 3.24. The normalized spacial score (nSPS) is 10.8. The van der Waals surface area contributed by atoms with E-state index in [2.05, 4.69) is 4.98 Å². The Labute approximate surface area is 77.6 Å². The minimum absolute atomic E-state index is 0.0557. The number of carbonyl (C=O) groups is 1. The Balaban J connectivity index is 2.54. The molecule has 0 bridgehead atoms. The molecule has 13 heavy (non-hydrogen) atoms. The van der Waals surface area contributed by atoms with Crippen LogP contribution in [0.25, 0.3) is 0 Å². The predicted octanol–water partition coefficient (Wildman–Crippen LogP) is 0.981. The summed E-state index contributed by atoms with van der Waals surface area (Å²) in [6.45, 7) is 2.35. The van der Waals surface area contributed by atoms with E-state index < -0.39 is 0 Å². The number of rotatable bonds is 4. The summed E-state index contributed by atoms with van der Waals surface area (Å²) in [7, 11) is 3.96. The molecule has 0 saturated carbocycles. The van der Waals surface area contributed by atoms with Crippen molar-refractivity contribution in [1.82, 2.24) is 9.88 Å². The zero-order chi connectivity index (χ0) is 9.84. The van der Waals surface area contributed by atoms with Crippen molar-refractivity contribution >= 4 is 5.78 Å². The van der Waals surface area contributed by atoms with E-state index in [0.29, 0.717) is 11.6 Å². The fourth-order valence-corrected chi connectivity index (χ4v) is 0.907. The Hall–Kier alpha value is -1.16. The van der Waals surface area contributed by atoms with Crippen LogP contribution in [-0.4, -0.2) is 36.3 Å². The van der Waals surface area contributed by atoms with E-state index in [0.717, 1.165) is 13.0 Å². The summed E-state index contributed by atoms with van der Waals surface area (Å²) in [4.78, 5) is 16.9. The van der Waals surface area contributed by atoms with Crippen molar-refractivity contribution in [2.75, 3.05) is 20.6 Å². The van der Waals surface area contributed by atoms with E-state index >= 15 is 0 Å². The first-order valence-corrected chi connectivity index (χ1v) is 4.19. The minimum atomic E-state index is -0.0557. The van der Waals surface area contributed by atoms with E-state index in [9.17, 15) is 4.79 Å². The van der Waals surface area contributed by atoms with Gasteiger partial charge in [-0.2, -0.15) is 0 Å². The Morgan fingerprint density at radius 2 is 2.31 bits per heavy atom. The lowest BCUT2D eigenvalue weighted by Crippen LogP contribution is -2.15. The molecule has 4 nitrogen and oxygen atoms in total. The van der Waals surface area contributed by atoms with Crippen LogP contribution in [0.4, 0.5) is 0 Å². The number of carbonyl (C=O) groups excluding carboxylic acids is 1. The molecule has 0 aliphatic carbocycles. The molecule has 1 aromatic rings. The summed E-state index contributed by atoms with van der Waals surface area (Å²) in [6.07, 6.45) is 2.15. The second-order valence-electron chi connectivity index (χ2n) is 3.24. The maximum atomic E-state index is 10.9. The zero-order valence-corrected chi connectivity index (χ0v) is 8.20. The quantitative estimate of drug-likeness (QED) is 0.651. The third-order valence-electron chi connectivity index (χ3n) is 1.69. The number of oxazole rings is 1. The molecule has 1 aromatic heterocycles. The number of nitrogens with zero attached hydrogens (tertiary/aromatic N) is 2. The molecule has 0 amide bonds. The fourth-order valence-electron chi connectivity index (χ4n) is 0.907. The largest absolute Gasteiger partial charge is 0.448 e. The Morgan fingerprint density at radius 3 is 2.77 bits per heavy atom. The van der Waals surface area contributed by atoms with Crippen molar-refractivity contribution in [2.24, 2.45) is 0 Å². The van der Waals surface area contributed by atoms with Crippen LogP contribution in [0.2, 0.25) is 0 Å². The van der Waals surface area contributed by atoms with Crippen LogP contribution >= 0.6 is 0 Å². The number of ketones is 1. The molecule has 0 aromatic carbocycles. The van der Waals surface area contributed by atoms with E-state index in [1.54, 1.807) is 0 Å². The van der Waals surface area contributed by atoms with Gasteiger partial charge in [-0.3, -0.25) is 4.79 Å². The number of hydrogen-bond donors (Lipinski definition) is 0. The van der Waals surface area contributed by atoms with Gasteiger partial charge >= 0.3 is 0 Å². The average Bonchev–Trinajstić information content (AvgIpc) is 2.48. The zero-order valence-electron chi connectivity index (χ0n) is 8.20. The van der Waals surface area contributed by atoms with Gasteiger partial charge in [-0.25, -0.2) is 4.98 Å². The second kappa shape index (κ2) is 4.18. The van der Waals surface area contributed by atoms with E-state index in [1.807, 2.05) is 19.0 Å². The molecule has 0 fully saturated rings. The highest BCUT2D eigenvalue weighted by Gasteiger charge is 2.07. The topological polar surface area (TPSA) is 46.3 Å². The molecule has 1 heterocycles. The van der Waals surface area contributed by atoms with Crippen LogP contribution in [0.15, 0.2) is 10.7 Å². The Kier molecular flexibility index (Phi) is 3.19. The molecule has 0 unspecified atom stereocenters. The Bertz CT molecular complexity index is 292. The third-order valence-corrected chi connectivity index (χ3v) is 1.69. The molecule has 72 valence electrons. The molecule has 0 aliphatic rings. The van der Waals surface area contributed by atoms with Gasteiger partial charge in [0.25, 0.3) is 0 Å². The monoisotopic (exact) mass is 182 g/mol. The first kappa shape index (κ1) is 9.92. The first-order chi connectivity index (χ1) is 6.09. The van der Waals surface area contributed by atoms with Crippen molar-refractivity contribution < 1.29 is 9.21 Å². The summed E-state index contributed by atoms with van der Waals surface area (Å²) < 4.78 is 5.12. The van der Waals surface area contributed by atoms with E-state index in [-0.39, 0.29) is 5.78 Å². The number of aromatic nitrogens is 1. The van der Waals surface area contributed by atoms with E-state index in [4.69, 9.17) is 4.42 Å². The summed E-state index contributed by atoms with van der Waals surface area (Å²) in [5.41, 5.74) is 0.411. The van der Waals surface area contributed by atoms with Crippen molar-refractivity contribution in [3.8, 4) is 0 Å². The molecule has 0 aliphatic heterocycles. The standard InChI is InChI=1S/C9H14N2O2/c1-7(12)8-6-13-9(10-8)4-5-11(2)3/h6H,4-5H2,1-3H3. The van der Waals surface area contributed by atoms with Crippen LogP contribution in [0.5, 0.6) is 0 Å². The molecule has 0 radical (unpaired) electrons. The lowest BCUT2D eigenvalue weighted by atomic mass is 10.3. The number of hydrogen-bond acceptors (Lipinski definition) is 4. The van der Waals surface area contributed by atoms with Gasteiger partial charge in [-0.1, -0.05) is 0 Å². The Morgan fingerprint density at radius 1 is 1.62 bits per heavy atom. The lowest BCUT2D eigenvalue weighted by Gasteiger charge is -2.05. The molecular formula is C9H14N2O2. The predicted molar refractivity (Wildman–Crippen MR) is 48.8 cm³/mol. The van der Waals surface area contributed by atoms with Crippen molar-refractivity contribution in [3.63, 3.8) is 0 Å². The van der Waals surface area contributed by atoms with Crippen LogP contribution < -0.4 is 0 Å². The van der Waals surface area contributed by atoms with Crippen molar-refractivity contribution in [2.45, 2.75) is 13.3 Å². The molecule has 0 saturated heterocycles. The molecule has 0 spiro atoms. The minimum Gasteiger partial charge on any atom is -0.448 e. The molecule has 0 N–H and O–H groups in total. The van der Waals surface area contributed by atoms with Gasteiger partial charge in [0.1, 0.15) is 12.0 Å². The highest BCUT2D eigenvalue weighted by atomic mass is 16.3. The summed E-state index contributed by atoms with van der Waals surface area (Å²) in [5.74, 6) is 0.568. The highest BCUT2D eigenvalue weighted by Crippen LogP contribution is 2.03. The smallest absolute Gasteiger partial charge is 0.195 e. The highest BCUT2D eigenvalue weighted by molar-refractivity contribution is 5.91. The van der Waals surface area contributed by atoms with Crippen molar-refractivity contribution in [3.05, 3.63) is 17.8 Å². The molecule has 0 atom stereocenters. The average molecular weight is 182 g/mol. The molecule has 1 rings (SSSR count). The maximum Gasteiger partial charge on any atom is 0.195 e. The first-order valence-electron chi connectivity index (χ1n) is 4.19. The maximum absolute atomic E-state index is 10.9. The van der Waals surface area contributed by atoms with E-state index in [1.165, 1.54) is 13.2 Å². The van der Waals surface area contributed by atoms with Crippen LogP contribution in [-0.2, 0) is 6.42 Å². The third kappa shape index (κ3) is 2.99. The van der Waals surface area contributed by atoms with Crippen LogP contribution in [0.1, 0.15) is 23.3 Å². The summed E-state index contributed by atoms with van der Waals surface area (Å²) in [6, 6.07) is 0. The van der Waals surface area contributed by atoms with Gasteiger partial charge in [0.2, 0.25) is 0 Å². The number of likely N-dealkylation sites (N-methyl/N-ethyl adjacent to an activating group) is 1. The van der Waals surface area contributed by atoms with Gasteiger partial charge < -0.3 is 9.32 Å². The fraction of sp³-hybridized carbons (Fsp3) is 0.556.